The summed E-state index contributed by atoms with van der Waals surface area (Å²) < 4.78 is 12.4. The van der Waals surface area contributed by atoms with Crippen LogP contribution >= 0.6 is 34.9 Å². The second-order valence-electron chi connectivity index (χ2n) is 5.80. The summed E-state index contributed by atoms with van der Waals surface area (Å²) in [7, 11) is 1.63. The smallest absolute Gasteiger partial charge is 0.264 e. The molecule has 1 saturated heterocycles. The van der Waals surface area contributed by atoms with Gasteiger partial charge in [0.15, 0.2) is 11.7 Å². The van der Waals surface area contributed by atoms with Crippen molar-refractivity contribution in [2.45, 2.75) is 4.58 Å². The molecule has 1 aromatic heterocycles. The summed E-state index contributed by atoms with van der Waals surface area (Å²) in [5.41, 5.74) is 1.97. The highest BCUT2D eigenvalue weighted by atomic mass is 32.2. The molecule has 140 valence electrons. The number of carbonyl (C=O) groups excluding carboxylic acids is 1. The molecular weight excluding hydrogens is 400 g/mol. The summed E-state index contributed by atoms with van der Waals surface area (Å²) in [6.07, 6.45) is 0. The molecule has 0 spiro atoms. The fraction of sp³-hybridized carbons (Fsp3) is 0.263. The Morgan fingerprint density at radius 1 is 1.22 bits per heavy atom. The summed E-state index contributed by atoms with van der Waals surface area (Å²) >= 11 is 5.25. The lowest BCUT2D eigenvalue weighted by molar-refractivity contribution is -0.118. The standard InChI is InChI=1S/C19H18N2O3S3/c1-23-12-6-7-14-16(10-12)27-19(20-14)21-17(22)11-24-15-5-3-2-4-13(15)18-25-8-9-26-18/h2-7,10,18H,8-9,11H2,1H3,(H,20,21,22). The number of rotatable bonds is 6. The lowest BCUT2D eigenvalue weighted by Crippen LogP contribution is -2.20. The van der Waals surface area contributed by atoms with Crippen molar-refractivity contribution in [1.29, 1.82) is 0 Å². The van der Waals surface area contributed by atoms with E-state index in [4.69, 9.17) is 9.47 Å². The van der Waals surface area contributed by atoms with Gasteiger partial charge in [-0.25, -0.2) is 4.98 Å². The van der Waals surface area contributed by atoms with Gasteiger partial charge in [0.2, 0.25) is 0 Å². The Kier molecular flexibility index (Phi) is 5.75. The summed E-state index contributed by atoms with van der Waals surface area (Å²) in [6.45, 7) is -0.0433. The first kappa shape index (κ1) is 18.5. The second kappa shape index (κ2) is 8.41. The van der Waals surface area contributed by atoms with Gasteiger partial charge in [-0.1, -0.05) is 29.5 Å². The molecule has 0 atom stereocenters. The number of amides is 1. The normalized spacial score (nSPS) is 14.4. The van der Waals surface area contributed by atoms with E-state index in [9.17, 15) is 4.79 Å². The van der Waals surface area contributed by atoms with Crippen LogP contribution in [0.15, 0.2) is 42.5 Å². The number of nitrogens with one attached hydrogen (secondary N) is 1. The van der Waals surface area contributed by atoms with Gasteiger partial charge in [-0.15, -0.1) is 23.5 Å². The van der Waals surface area contributed by atoms with Crippen molar-refractivity contribution < 1.29 is 14.3 Å². The quantitative estimate of drug-likeness (QED) is 0.620. The Morgan fingerprint density at radius 2 is 2.04 bits per heavy atom. The number of thioether (sulfide) groups is 2. The molecule has 4 rings (SSSR count). The Bertz CT molecular complexity index is 954. The first-order chi connectivity index (χ1) is 13.2. The van der Waals surface area contributed by atoms with Gasteiger partial charge in [0.05, 0.1) is 21.9 Å². The zero-order valence-electron chi connectivity index (χ0n) is 14.6. The zero-order chi connectivity index (χ0) is 18.6. The maximum Gasteiger partial charge on any atom is 0.264 e. The maximum absolute atomic E-state index is 12.3. The first-order valence-corrected chi connectivity index (χ1v) is 11.3. The summed E-state index contributed by atoms with van der Waals surface area (Å²) in [4.78, 5) is 16.7. The van der Waals surface area contributed by atoms with Crippen LogP contribution in [0.1, 0.15) is 10.1 Å². The first-order valence-electron chi connectivity index (χ1n) is 8.42. The number of methoxy groups -OCH3 is 1. The third-order valence-corrected chi connectivity index (χ3v) is 8.00. The maximum atomic E-state index is 12.3. The number of ether oxygens (including phenoxy) is 2. The van der Waals surface area contributed by atoms with E-state index < -0.39 is 0 Å². The fourth-order valence-electron chi connectivity index (χ4n) is 2.73. The summed E-state index contributed by atoms with van der Waals surface area (Å²) in [5.74, 6) is 3.61. The predicted molar refractivity (Wildman–Crippen MR) is 114 cm³/mol. The van der Waals surface area contributed by atoms with Crippen molar-refractivity contribution in [3.05, 3.63) is 48.0 Å². The van der Waals surface area contributed by atoms with Crippen molar-refractivity contribution in [2.24, 2.45) is 0 Å². The SMILES string of the molecule is COc1ccc2nc(NC(=O)COc3ccccc3C3SCCS3)sc2c1. The number of fused-ring (bicyclic) bond motifs is 1. The van der Waals surface area contributed by atoms with Crippen LogP contribution in [0.4, 0.5) is 5.13 Å². The fourth-order valence-corrected chi connectivity index (χ4v) is 6.55. The largest absolute Gasteiger partial charge is 0.497 e. The van der Waals surface area contributed by atoms with Gasteiger partial charge in [-0.05, 0) is 24.3 Å². The Morgan fingerprint density at radius 3 is 2.85 bits per heavy atom. The Hall–Kier alpha value is -1.90. The number of para-hydroxylation sites is 1. The van der Waals surface area contributed by atoms with Gasteiger partial charge >= 0.3 is 0 Å². The lowest BCUT2D eigenvalue weighted by Gasteiger charge is -2.14. The van der Waals surface area contributed by atoms with Gasteiger partial charge < -0.3 is 9.47 Å². The zero-order valence-corrected chi connectivity index (χ0v) is 17.1. The minimum Gasteiger partial charge on any atom is -0.497 e. The summed E-state index contributed by atoms with van der Waals surface area (Å²) in [5, 5.41) is 3.38. The monoisotopic (exact) mass is 418 g/mol. The van der Waals surface area contributed by atoms with Crippen LogP contribution in [0, 0.1) is 0 Å². The van der Waals surface area contributed by atoms with E-state index in [2.05, 4.69) is 16.4 Å². The number of hydrogen-bond donors (Lipinski definition) is 1. The number of nitrogens with zero attached hydrogens (tertiary/aromatic N) is 1. The van der Waals surface area contributed by atoms with Crippen LogP contribution in [-0.2, 0) is 4.79 Å². The van der Waals surface area contributed by atoms with E-state index in [1.54, 1.807) is 7.11 Å². The van der Waals surface area contributed by atoms with Crippen LogP contribution in [-0.4, -0.2) is 36.1 Å². The molecule has 5 nitrogen and oxygen atoms in total. The van der Waals surface area contributed by atoms with Crippen molar-refractivity contribution in [3.63, 3.8) is 0 Å². The average molecular weight is 419 g/mol. The molecule has 0 saturated carbocycles. The molecule has 27 heavy (non-hydrogen) atoms. The number of aromatic nitrogens is 1. The molecule has 2 heterocycles. The molecule has 0 bridgehead atoms. The molecule has 1 aliphatic heterocycles. The summed E-state index contributed by atoms with van der Waals surface area (Å²) in [6, 6.07) is 13.6. The molecular formula is C19H18N2O3S3. The van der Waals surface area contributed by atoms with Crippen molar-refractivity contribution in [2.75, 3.05) is 30.5 Å². The number of benzene rings is 2. The molecule has 1 N–H and O–H groups in total. The van der Waals surface area contributed by atoms with Crippen LogP contribution in [0.5, 0.6) is 11.5 Å². The van der Waals surface area contributed by atoms with Crippen LogP contribution in [0.25, 0.3) is 10.2 Å². The molecule has 0 unspecified atom stereocenters. The predicted octanol–water partition coefficient (Wildman–Crippen LogP) is 4.80. The molecule has 1 aliphatic rings. The minimum absolute atomic E-state index is 0.0433. The molecule has 0 radical (unpaired) electrons. The molecule has 1 amide bonds. The van der Waals surface area contributed by atoms with Crippen molar-refractivity contribution in [3.8, 4) is 11.5 Å². The van der Waals surface area contributed by atoms with Crippen molar-refractivity contribution in [1.82, 2.24) is 4.98 Å². The van der Waals surface area contributed by atoms with E-state index in [-0.39, 0.29) is 12.5 Å². The molecule has 1 fully saturated rings. The number of anilines is 1. The van der Waals surface area contributed by atoms with Gasteiger partial charge in [0, 0.05) is 17.1 Å². The van der Waals surface area contributed by atoms with Crippen LogP contribution < -0.4 is 14.8 Å². The number of hydrogen-bond acceptors (Lipinski definition) is 7. The highest BCUT2D eigenvalue weighted by molar-refractivity contribution is 8.19. The van der Waals surface area contributed by atoms with E-state index in [0.29, 0.717) is 9.71 Å². The molecule has 8 heteroatoms. The topological polar surface area (TPSA) is 60.5 Å². The van der Waals surface area contributed by atoms with E-state index in [1.165, 1.54) is 11.3 Å². The van der Waals surface area contributed by atoms with Gasteiger partial charge in [-0.3, -0.25) is 10.1 Å². The average Bonchev–Trinajstić information content (AvgIpc) is 3.35. The van der Waals surface area contributed by atoms with Gasteiger partial charge in [0.25, 0.3) is 5.91 Å². The second-order valence-corrected chi connectivity index (χ2v) is 9.56. The van der Waals surface area contributed by atoms with E-state index in [0.717, 1.165) is 38.8 Å². The number of thiazole rings is 1. The van der Waals surface area contributed by atoms with Crippen LogP contribution in [0.3, 0.4) is 0 Å². The van der Waals surface area contributed by atoms with Gasteiger partial charge in [0.1, 0.15) is 11.5 Å². The molecule has 0 aliphatic carbocycles. The lowest BCUT2D eigenvalue weighted by atomic mass is 10.2. The third kappa shape index (κ3) is 4.34. The van der Waals surface area contributed by atoms with E-state index in [1.807, 2.05) is 59.9 Å². The highest BCUT2D eigenvalue weighted by Gasteiger charge is 2.22. The highest BCUT2D eigenvalue weighted by Crippen LogP contribution is 2.48. The van der Waals surface area contributed by atoms with Gasteiger partial charge in [-0.2, -0.15) is 0 Å². The molecule has 2 aromatic carbocycles. The van der Waals surface area contributed by atoms with Crippen molar-refractivity contribution >= 4 is 56.1 Å². The Balaban J connectivity index is 1.40. The number of carbonyl (C=O) groups is 1. The third-order valence-electron chi connectivity index (χ3n) is 4.00. The van der Waals surface area contributed by atoms with Crippen LogP contribution in [0.2, 0.25) is 0 Å². The minimum atomic E-state index is -0.220. The molecule has 3 aromatic rings. The Labute approximate surface area is 169 Å². The van der Waals surface area contributed by atoms with E-state index >= 15 is 0 Å².